The van der Waals surface area contributed by atoms with Crippen LogP contribution >= 0.6 is 11.6 Å². The third-order valence-corrected chi connectivity index (χ3v) is 2.59. The lowest BCUT2D eigenvalue weighted by atomic mass is 10.0. The van der Waals surface area contributed by atoms with E-state index in [0.29, 0.717) is 11.3 Å². The molecule has 0 bridgehead atoms. The second-order valence-electron chi connectivity index (χ2n) is 3.32. The van der Waals surface area contributed by atoms with E-state index in [4.69, 9.17) is 17.1 Å². The van der Waals surface area contributed by atoms with Crippen molar-refractivity contribution in [2.24, 2.45) is 5.11 Å². The first-order chi connectivity index (χ1) is 8.24. The average molecular weight is 249 g/mol. The Morgan fingerprint density at radius 3 is 2.59 bits per heavy atom. The Balaban J connectivity index is 2.52. The first kappa shape index (κ1) is 11.5. The molecule has 17 heavy (non-hydrogen) atoms. The van der Waals surface area contributed by atoms with Crippen LogP contribution in [0.4, 0.5) is 0 Å². The van der Waals surface area contributed by atoms with Gasteiger partial charge in [-0.15, -0.1) is 0 Å². The van der Waals surface area contributed by atoms with Crippen molar-refractivity contribution in [3.63, 3.8) is 0 Å². The summed E-state index contributed by atoms with van der Waals surface area (Å²) in [5.74, 6) is 0.0511. The maximum absolute atomic E-state index is 9.73. The zero-order valence-electron chi connectivity index (χ0n) is 8.71. The molecule has 86 valence electrons. The molecule has 1 aromatic carbocycles. The van der Waals surface area contributed by atoms with Crippen molar-refractivity contribution in [1.82, 2.24) is 9.97 Å². The molecule has 0 radical (unpaired) electrons. The number of halogens is 1. The molecule has 1 heterocycles. The fourth-order valence-electron chi connectivity index (χ4n) is 1.51. The molecule has 0 aliphatic heterocycles. The molecular weight excluding hydrogens is 240 g/mol. The average Bonchev–Trinajstić information content (AvgIpc) is 2.34. The molecule has 2 N–H and O–H groups in total. The van der Waals surface area contributed by atoms with E-state index in [9.17, 15) is 5.11 Å². The Bertz CT molecular complexity index is 501. The molecule has 1 atom stereocenters. The van der Waals surface area contributed by atoms with Crippen LogP contribution in [-0.2, 0) is 0 Å². The van der Waals surface area contributed by atoms with Crippen LogP contribution in [0.1, 0.15) is 17.3 Å². The predicted octanol–water partition coefficient (Wildman–Crippen LogP) is 2.96. The summed E-state index contributed by atoms with van der Waals surface area (Å²) in [6.45, 7) is 0. The molecule has 0 saturated carbocycles. The quantitative estimate of drug-likeness (QED) is 0.819. The summed E-state index contributed by atoms with van der Waals surface area (Å²) < 4.78 is 0. The monoisotopic (exact) mass is 248 g/mol. The number of phenols is 1. The molecule has 2 rings (SSSR count). The van der Waals surface area contributed by atoms with Crippen LogP contribution in [-0.4, -0.2) is 15.1 Å². The van der Waals surface area contributed by atoms with Crippen molar-refractivity contribution >= 4 is 11.6 Å². The second kappa shape index (κ2) is 4.88. The van der Waals surface area contributed by atoms with Crippen molar-refractivity contribution in [2.45, 2.75) is 6.04 Å². The van der Waals surface area contributed by atoms with Crippen LogP contribution in [0.3, 0.4) is 0 Å². The fraction of sp³-hybridized carbons (Fsp3) is 0.0909. The second-order valence-corrected chi connectivity index (χ2v) is 3.68. The van der Waals surface area contributed by atoms with Crippen molar-refractivity contribution in [1.29, 1.82) is 5.53 Å². The van der Waals surface area contributed by atoms with Crippen LogP contribution < -0.4 is 0 Å². The topological polar surface area (TPSA) is 82.2 Å². The summed E-state index contributed by atoms with van der Waals surface area (Å²) in [4.78, 5) is 7.93. The van der Waals surface area contributed by atoms with Gasteiger partial charge in [-0.2, -0.15) is 5.11 Å². The number of hydrogen-bond donors (Lipinski definition) is 2. The molecule has 6 heteroatoms. The first-order valence-corrected chi connectivity index (χ1v) is 5.22. The molecule has 0 saturated heterocycles. The molecule has 2 aromatic rings. The Kier molecular flexibility index (Phi) is 3.30. The molecule has 0 amide bonds. The molecule has 0 spiro atoms. The van der Waals surface area contributed by atoms with Gasteiger partial charge in [-0.05, 0) is 6.07 Å². The van der Waals surface area contributed by atoms with E-state index in [1.165, 1.54) is 18.5 Å². The molecule has 0 aliphatic rings. The minimum atomic E-state index is -0.739. The summed E-state index contributed by atoms with van der Waals surface area (Å²) in [5, 5.41) is 13.4. The van der Waals surface area contributed by atoms with Gasteiger partial charge in [-0.3, -0.25) is 4.98 Å². The maximum atomic E-state index is 9.73. The number of aromatic hydroxyl groups is 1. The Morgan fingerprint density at radius 2 is 1.94 bits per heavy atom. The van der Waals surface area contributed by atoms with Gasteiger partial charge >= 0.3 is 0 Å². The normalized spacial score (nSPS) is 12.1. The van der Waals surface area contributed by atoms with Gasteiger partial charge in [0.1, 0.15) is 17.5 Å². The highest BCUT2D eigenvalue weighted by Crippen LogP contribution is 2.33. The minimum Gasteiger partial charge on any atom is -0.508 e. The lowest BCUT2D eigenvalue weighted by Crippen LogP contribution is -2.02. The minimum absolute atomic E-state index is 0.0511. The zero-order valence-corrected chi connectivity index (χ0v) is 9.46. The third kappa shape index (κ3) is 2.24. The van der Waals surface area contributed by atoms with Gasteiger partial charge in [0, 0.05) is 18.0 Å². The first-order valence-electron chi connectivity index (χ1n) is 4.85. The molecule has 0 aliphatic carbocycles. The number of rotatable bonds is 3. The van der Waals surface area contributed by atoms with Crippen LogP contribution in [0.25, 0.3) is 0 Å². The SMILES string of the molecule is N=NC(c1ccccc1O)c1nccnc1Cl. The van der Waals surface area contributed by atoms with Gasteiger partial charge in [-0.1, -0.05) is 29.8 Å². The van der Waals surface area contributed by atoms with E-state index >= 15 is 0 Å². The summed E-state index contributed by atoms with van der Waals surface area (Å²) >= 11 is 5.90. The number of benzene rings is 1. The van der Waals surface area contributed by atoms with Gasteiger partial charge in [-0.25, -0.2) is 10.5 Å². The van der Waals surface area contributed by atoms with Gasteiger partial charge in [0.15, 0.2) is 5.15 Å². The molecule has 1 unspecified atom stereocenters. The van der Waals surface area contributed by atoms with E-state index in [0.717, 1.165) is 0 Å². The standard InChI is InChI=1S/C11H9ClN4O/c12-11-10(14-5-6-15-11)9(16-13)7-3-1-2-4-8(7)17/h1-6,9,13,17H. The van der Waals surface area contributed by atoms with Crippen molar-refractivity contribution < 1.29 is 5.11 Å². The van der Waals surface area contributed by atoms with Crippen LogP contribution in [0.5, 0.6) is 5.75 Å². The van der Waals surface area contributed by atoms with Crippen LogP contribution in [0, 0.1) is 5.53 Å². The van der Waals surface area contributed by atoms with E-state index in [1.807, 2.05) is 0 Å². The largest absolute Gasteiger partial charge is 0.508 e. The summed E-state index contributed by atoms with van der Waals surface area (Å²) in [6, 6.07) is 5.90. The summed E-state index contributed by atoms with van der Waals surface area (Å²) in [7, 11) is 0. The van der Waals surface area contributed by atoms with Gasteiger partial charge in [0.05, 0.1) is 0 Å². The Labute approximate surface area is 103 Å². The summed E-state index contributed by atoms with van der Waals surface area (Å²) in [5.41, 5.74) is 8.04. The number of nitrogens with one attached hydrogen (secondary N) is 1. The lowest BCUT2D eigenvalue weighted by molar-refractivity contribution is 0.463. The number of phenolic OH excluding ortho intramolecular Hbond substituents is 1. The maximum Gasteiger partial charge on any atom is 0.153 e. The van der Waals surface area contributed by atoms with Gasteiger partial charge in [0.25, 0.3) is 0 Å². The number of para-hydroxylation sites is 1. The third-order valence-electron chi connectivity index (χ3n) is 2.30. The lowest BCUT2D eigenvalue weighted by Gasteiger charge is -2.12. The highest BCUT2D eigenvalue weighted by Gasteiger charge is 2.20. The van der Waals surface area contributed by atoms with E-state index in [1.54, 1.807) is 18.2 Å². The zero-order chi connectivity index (χ0) is 12.3. The number of nitrogens with zero attached hydrogens (tertiary/aromatic N) is 3. The summed E-state index contributed by atoms with van der Waals surface area (Å²) in [6.07, 6.45) is 2.93. The van der Waals surface area contributed by atoms with Crippen LogP contribution in [0.2, 0.25) is 5.15 Å². The predicted molar refractivity (Wildman–Crippen MR) is 62.1 cm³/mol. The van der Waals surface area contributed by atoms with Crippen molar-refractivity contribution in [2.75, 3.05) is 0 Å². The van der Waals surface area contributed by atoms with E-state index < -0.39 is 6.04 Å². The van der Waals surface area contributed by atoms with E-state index in [-0.39, 0.29) is 10.9 Å². The Morgan fingerprint density at radius 1 is 1.24 bits per heavy atom. The van der Waals surface area contributed by atoms with Gasteiger partial charge < -0.3 is 5.11 Å². The highest BCUT2D eigenvalue weighted by atomic mass is 35.5. The highest BCUT2D eigenvalue weighted by molar-refractivity contribution is 6.30. The van der Waals surface area contributed by atoms with Crippen molar-refractivity contribution in [3.05, 3.63) is 53.1 Å². The van der Waals surface area contributed by atoms with Crippen LogP contribution in [0.15, 0.2) is 41.8 Å². The van der Waals surface area contributed by atoms with Crippen molar-refractivity contribution in [3.8, 4) is 5.75 Å². The Hall–Kier alpha value is -2.01. The van der Waals surface area contributed by atoms with Gasteiger partial charge in [0.2, 0.25) is 0 Å². The molecule has 5 nitrogen and oxygen atoms in total. The number of aromatic nitrogens is 2. The molecule has 0 fully saturated rings. The smallest absolute Gasteiger partial charge is 0.153 e. The molecule has 1 aromatic heterocycles. The number of hydrogen-bond acceptors (Lipinski definition) is 5. The molecular formula is C11H9ClN4O. The van der Waals surface area contributed by atoms with E-state index in [2.05, 4.69) is 15.1 Å². The fourth-order valence-corrected chi connectivity index (χ4v) is 1.72.